The fourth-order valence-electron chi connectivity index (χ4n) is 2.20. The lowest BCUT2D eigenvalue weighted by molar-refractivity contribution is -0.141. The summed E-state index contributed by atoms with van der Waals surface area (Å²) in [6, 6.07) is 3.88. The number of carbonyl (C=O) groups excluding carboxylic acids is 1. The summed E-state index contributed by atoms with van der Waals surface area (Å²) in [7, 11) is 0. The fourth-order valence-corrected chi connectivity index (χ4v) is 2.57. The molecule has 0 aliphatic carbocycles. The second-order valence-electron chi connectivity index (χ2n) is 4.76. The van der Waals surface area contributed by atoms with Gasteiger partial charge in [0, 0.05) is 17.4 Å². The van der Waals surface area contributed by atoms with Crippen molar-refractivity contribution in [3.8, 4) is 0 Å². The van der Waals surface area contributed by atoms with Gasteiger partial charge in [-0.25, -0.2) is 9.59 Å². The highest BCUT2D eigenvalue weighted by Crippen LogP contribution is 2.27. The fraction of sp³-hybridized carbons (Fsp3) is 0.385. The number of nitrogens with zero attached hydrogens (tertiary/aromatic N) is 1. The van der Waals surface area contributed by atoms with Gasteiger partial charge in [0.2, 0.25) is 0 Å². The van der Waals surface area contributed by atoms with Crippen LogP contribution in [0.2, 0.25) is 0 Å². The third-order valence-corrected chi connectivity index (χ3v) is 4.31. The zero-order chi connectivity index (χ0) is 14.9. The van der Waals surface area contributed by atoms with Crippen LogP contribution >= 0.6 is 15.9 Å². The molecule has 2 atom stereocenters. The number of amides is 2. The lowest BCUT2D eigenvalue weighted by Crippen LogP contribution is -2.43. The number of anilines is 1. The molecule has 1 unspecified atom stereocenters. The Morgan fingerprint density at radius 1 is 1.45 bits per heavy atom. The second-order valence-corrected chi connectivity index (χ2v) is 5.56. The standard InChI is InChI=1S/C13H15BrN2O4/c1-7-3-2-4-9(11(7)14)15-13(20)16-6-8(17)5-10(16)12(18)19/h2-4,8,10,17H,5-6H2,1H3,(H,15,20)(H,18,19)/t8?,10-/m0/s1. The molecule has 0 aromatic heterocycles. The summed E-state index contributed by atoms with van der Waals surface area (Å²) in [5, 5.41) is 21.3. The molecule has 1 heterocycles. The highest BCUT2D eigenvalue weighted by atomic mass is 79.9. The van der Waals surface area contributed by atoms with Crippen LogP contribution in [0.1, 0.15) is 12.0 Å². The van der Waals surface area contributed by atoms with Gasteiger partial charge in [-0.2, -0.15) is 0 Å². The molecule has 0 saturated carbocycles. The number of nitrogens with one attached hydrogen (secondary N) is 1. The average Bonchev–Trinajstić information content (AvgIpc) is 2.77. The highest BCUT2D eigenvalue weighted by molar-refractivity contribution is 9.10. The molecule has 20 heavy (non-hydrogen) atoms. The first-order valence-corrected chi connectivity index (χ1v) is 6.93. The topological polar surface area (TPSA) is 89.9 Å². The molecule has 1 aliphatic heterocycles. The average molecular weight is 343 g/mol. The molecular weight excluding hydrogens is 328 g/mol. The number of carboxylic acid groups (broad SMARTS) is 1. The number of β-amino-alcohol motifs (C(OH)–C–C–N with tert-alkyl or cyclic N) is 1. The lowest BCUT2D eigenvalue weighted by atomic mass is 10.2. The summed E-state index contributed by atoms with van der Waals surface area (Å²) in [5.41, 5.74) is 1.53. The summed E-state index contributed by atoms with van der Waals surface area (Å²) in [5.74, 6) is -1.11. The minimum atomic E-state index is -1.11. The third kappa shape index (κ3) is 2.94. The van der Waals surface area contributed by atoms with Crippen LogP contribution in [0.15, 0.2) is 22.7 Å². The van der Waals surface area contributed by atoms with Crippen molar-refractivity contribution in [1.82, 2.24) is 4.90 Å². The Kier molecular flexibility index (Phi) is 4.29. The number of benzene rings is 1. The van der Waals surface area contributed by atoms with E-state index in [0.717, 1.165) is 14.9 Å². The summed E-state index contributed by atoms with van der Waals surface area (Å²) < 4.78 is 0.750. The van der Waals surface area contributed by atoms with E-state index in [0.29, 0.717) is 5.69 Å². The van der Waals surface area contributed by atoms with Crippen LogP contribution in [0.3, 0.4) is 0 Å². The molecule has 6 nitrogen and oxygen atoms in total. The SMILES string of the molecule is Cc1cccc(NC(=O)N2CC(O)C[C@H]2C(=O)O)c1Br. The van der Waals surface area contributed by atoms with Crippen molar-refractivity contribution in [1.29, 1.82) is 0 Å². The van der Waals surface area contributed by atoms with Crippen molar-refractivity contribution in [2.45, 2.75) is 25.5 Å². The predicted octanol–water partition coefficient (Wildman–Crippen LogP) is 1.81. The molecule has 7 heteroatoms. The summed E-state index contributed by atoms with van der Waals surface area (Å²) >= 11 is 3.37. The largest absolute Gasteiger partial charge is 0.480 e. The number of hydrogen-bond donors (Lipinski definition) is 3. The van der Waals surface area contributed by atoms with Gasteiger partial charge in [0.25, 0.3) is 0 Å². The summed E-state index contributed by atoms with van der Waals surface area (Å²) in [6.07, 6.45) is -0.750. The maximum atomic E-state index is 12.2. The van der Waals surface area contributed by atoms with Crippen LogP contribution in [0.5, 0.6) is 0 Å². The van der Waals surface area contributed by atoms with Crippen molar-refractivity contribution in [3.63, 3.8) is 0 Å². The Morgan fingerprint density at radius 2 is 2.15 bits per heavy atom. The quantitative estimate of drug-likeness (QED) is 0.764. The van der Waals surface area contributed by atoms with E-state index in [-0.39, 0.29) is 13.0 Å². The molecule has 1 fully saturated rings. The lowest BCUT2D eigenvalue weighted by Gasteiger charge is -2.22. The van der Waals surface area contributed by atoms with E-state index in [2.05, 4.69) is 21.2 Å². The normalized spacial score (nSPS) is 21.9. The van der Waals surface area contributed by atoms with Crippen molar-refractivity contribution in [3.05, 3.63) is 28.2 Å². The zero-order valence-electron chi connectivity index (χ0n) is 10.8. The van der Waals surface area contributed by atoms with Gasteiger partial charge in [-0.05, 0) is 34.5 Å². The Balaban J connectivity index is 2.15. The van der Waals surface area contributed by atoms with Gasteiger partial charge in [-0.1, -0.05) is 12.1 Å². The predicted molar refractivity (Wildman–Crippen MR) is 76.7 cm³/mol. The Bertz CT molecular complexity index is 549. The van der Waals surface area contributed by atoms with Crippen molar-refractivity contribution < 1.29 is 19.8 Å². The third-order valence-electron chi connectivity index (χ3n) is 3.26. The molecule has 0 spiro atoms. The van der Waals surface area contributed by atoms with Gasteiger partial charge in [0.1, 0.15) is 6.04 Å². The number of carbonyl (C=O) groups is 2. The number of hydrogen-bond acceptors (Lipinski definition) is 3. The van der Waals surface area contributed by atoms with Crippen molar-refractivity contribution in [2.24, 2.45) is 0 Å². The van der Waals surface area contributed by atoms with E-state index in [1.807, 2.05) is 13.0 Å². The van der Waals surface area contributed by atoms with E-state index in [1.54, 1.807) is 12.1 Å². The smallest absolute Gasteiger partial charge is 0.326 e. The highest BCUT2D eigenvalue weighted by Gasteiger charge is 2.39. The number of aryl methyl sites for hydroxylation is 1. The number of aliphatic carboxylic acids is 1. The van der Waals surface area contributed by atoms with Gasteiger partial charge in [0.15, 0.2) is 0 Å². The van der Waals surface area contributed by atoms with E-state index in [4.69, 9.17) is 5.11 Å². The van der Waals surface area contributed by atoms with Crippen LogP contribution in [0.25, 0.3) is 0 Å². The molecule has 0 radical (unpaired) electrons. The first-order valence-electron chi connectivity index (χ1n) is 6.13. The molecule has 1 aliphatic rings. The van der Waals surface area contributed by atoms with Gasteiger partial charge in [-0.3, -0.25) is 0 Å². The Morgan fingerprint density at radius 3 is 2.80 bits per heavy atom. The van der Waals surface area contributed by atoms with E-state index < -0.39 is 24.1 Å². The number of carboxylic acids is 1. The van der Waals surface area contributed by atoms with Gasteiger partial charge in [-0.15, -0.1) is 0 Å². The van der Waals surface area contributed by atoms with Gasteiger partial charge >= 0.3 is 12.0 Å². The minimum absolute atomic E-state index is 0.0201. The molecule has 3 N–H and O–H groups in total. The zero-order valence-corrected chi connectivity index (χ0v) is 12.4. The molecule has 0 bridgehead atoms. The Hall–Kier alpha value is -1.60. The first-order chi connectivity index (χ1) is 9.40. The van der Waals surface area contributed by atoms with Crippen LogP contribution in [0, 0.1) is 6.92 Å². The minimum Gasteiger partial charge on any atom is -0.480 e. The van der Waals surface area contributed by atoms with Gasteiger partial charge in [0.05, 0.1) is 11.8 Å². The number of aliphatic hydroxyl groups excluding tert-OH is 1. The maximum absolute atomic E-state index is 12.2. The molecular formula is C13H15BrN2O4. The van der Waals surface area contributed by atoms with Gasteiger partial charge < -0.3 is 20.4 Å². The molecule has 2 rings (SSSR count). The number of halogens is 1. The molecule has 1 aromatic rings. The van der Waals surface area contributed by atoms with Crippen molar-refractivity contribution in [2.75, 3.05) is 11.9 Å². The van der Waals surface area contributed by atoms with E-state index in [1.165, 1.54) is 0 Å². The molecule has 1 aromatic carbocycles. The number of aliphatic hydroxyl groups is 1. The second kappa shape index (κ2) is 5.80. The summed E-state index contributed by atoms with van der Waals surface area (Å²) in [6.45, 7) is 1.91. The van der Waals surface area contributed by atoms with Crippen LogP contribution in [0.4, 0.5) is 10.5 Å². The maximum Gasteiger partial charge on any atom is 0.326 e. The van der Waals surface area contributed by atoms with Crippen LogP contribution in [-0.2, 0) is 4.79 Å². The Labute approximate surface area is 124 Å². The molecule has 1 saturated heterocycles. The molecule has 108 valence electrons. The monoisotopic (exact) mass is 342 g/mol. The first kappa shape index (κ1) is 14.8. The van der Waals surface area contributed by atoms with E-state index in [9.17, 15) is 14.7 Å². The summed E-state index contributed by atoms with van der Waals surface area (Å²) in [4.78, 5) is 24.4. The number of urea groups is 1. The van der Waals surface area contributed by atoms with Crippen LogP contribution in [-0.4, -0.2) is 45.8 Å². The van der Waals surface area contributed by atoms with Crippen LogP contribution < -0.4 is 5.32 Å². The number of rotatable bonds is 2. The number of likely N-dealkylation sites (tertiary alicyclic amines) is 1. The molecule has 2 amide bonds. The van der Waals surface area contributed by atoms with E-state index >= 15 is 0 Å². The van der Waals surface area contributed by atoms with Crippen molar-refractivity contribution >= 4 is 33.6 Å².